The summed E-state index contributed by atoms with van der Waals surface area (Å²) < 4.78 is 5.54. The van der Waals surface area contributed by atoms with Crippen molar-refractivity contribution in [3.63, 3.8) is 0 Å². The van der Waals surface area contributed by atoms with Crippen LogP contribution in [-0.2, 0) is 0 Å². The molecule has 0 atom stereocenters. The number of aryl methyl sites for hydroxylation is 1. The summed E-state index contributed by atoms with van der Waals surface area (Å²) >= 11 is 11.5. The molecule has 0 fully saturated rings. The number of nitrogens with zero attached hydrogens (tertiary/aromatic N) is 1. The predicted octanol–water partition coefficient (Wildman–Crippen LogP) is 3.51. The highest BCUT2D eigenvalue weighted by molar-refractivity contribution is 6.33. The summed E-state index contributed by atoms with van der Waals surface area (Å²) in [7, 11) is 0. The number of amides is 1. The monoisotopic (exact) mass is 324 g/mol. The number of carbonyl (C=O) groups is 1. The average molecular weight is 325 g/mol. The summed E-state index contributed by atoms with van der Waals surface area (Å²) in [6, 6.07) is 10.6. The first kappa shape index (κ1) is 15.6. The molecule has 1 aromatic heterocycles. The number of pyridine rings is 1. The van der Waals surface area contributed by atoms with Gasteiger partial charge in [-0.2, -0.15) is 0 Å². The van der Waals surface area contributed by atoms with E-state index in [9.17, 15) is 4.79 Å². The second-order valence-electron chi connectivity index (χ2n) is 4.42. The number of hydrogen-bond acceptors (Lipinski definition) is 3. The van der Waals surface area contributed by atoms with E-state index in [1.54, 1.807) is 0 Å². The number of hydrogen-bond donors (Lipinski definition) is 1. The number of halogens is 2. The third-order valence-corrected chi connectivity index (χ3v) is 3.06. The van der Waals surface area contributed by atoms with Crippen molar-refractivity contribution in [2.75, 3.05) is 13.2 Å². The van der Waals surface area contributed by atoms with Crippen molar-refractivity contribution in [3.8, 4) is 5.75 Å². The topological polar surface area (TPSA) is 51.2 Å². The number of aromatic nitrogens is 1. The molecule has 0 saturated heterocycles. The third-order valence-electron chi connectivity index (χ3n) is 2.67. The minimum atomic E-state index is -0.269. The van der Waals surface area contributed by atoms with Crippen molar-refractivity contribution in [1.82, 2.24) is 10.3 Å². The highest BCUT2D eigenvalue weighted by Gasteiger charge is 2.08. The van der Waals surface area contributed by atoms with Crippen molar-refractivity contribution in [2.24, 2.45) is 0 Å². The lowest BCUT2D eigenvalue weighted by molar-refractivity contribution is 0.0947. The minimum absolute atomic E-state index is 0.184. The molecule has 0 bridgehead atoms. The van der Waals surface area contributed by atoms with Gasteiger partial charge in [-0.3, -0.25) is 4.79 Å². The molecule has 0 aliphatic carbocycles. The summed E-state index contributed by atoms with van der Waals surface area (Å²) in [4.78, 5) is 15.7. The molecule has 0 radical (unpaired) electrons. The lowest BCUT2D eigenvalue weighted by atomic mass is 10.2. The molecule has 6 heteroatoms. The molecular formula is C15H14Cl2N2O2. The molecule has 2 rings (SSSR count). The van der Waals surface area contributed by atoms with Crippen molar-refractivity contribution in [2.45, 2.75) is 6.92 Å². The SMILES string of the molecule is Cc1cccc(OCCNC(=O)c2cc(Cl)nc(Cl)c2)c1. The van der Waals surface area contributed by atoms with Crippen LogP contribution in [0, 0.1) is 6.92 Å². The first-order chi connectivity index (χ1) is 10.0. The van der Waals surface area contributed by atoms with Gasteiger partial charge in [0, 0.05) is 5.56 Å². The van der Waals surface area contributed by atoms with Gasteiger partial charge in [0.25, 0.3) is 5.91 Å². The first-order valence-electron chi connectivity index (χ1n) is 6.35. The molecule has 0 spiro atoms. The number of nitrogens with one attached hydrogen (secondary N) is 1. The van der Waals surface area contributed by atoms with E-state index in [0.717, 1.165) is 11.3 Å². The highest BCUT2D eigenvalue weighted by atomic mass is 35.5. The Morgan fingerprint density at radius 1 is 1.24 bits per heavy atom. The van der Waals surface area contributed by atoms with E-state index < -0.39 is 0 Å². The molecule has 0 saturated carbocycles. The third kappa shape index (κ3) is 4.92. The summed E-state index contributed by atoms with van der Waals surface area (Å²) in [5.41, 5.74) is 1.49. The van der Waals surface area contributed by atoms with Gasteiger partial charge in [-0.05, 0) is 36.8 Å². The van der Waals surface area contributed by atoms with Crippen molar-refractivity contribution < 1.29 is 9.53 Å². The Labute approximate surface area is 133 Å². The van der Waals surface area contributed by atoms with E-state index in [1.807, 2.05) is 31.2 Å². The fraction of sp³-hybridized carbons (Fsp3) is 0.200. The summed E-state index contributed by atoms with van der Waals surface area (Å²) in [6.07, 6.45) is 0. The Morgan fingerprint density at radius 3 is 2.62 bits per heavy atom. The zero-order valence-corrected chi connectivity index (χ0v) is 12.9. The lowest BCUT2D eigenvalue weighted by Gasteiger charge is -2.08. The summed E-state index contributed by atoms with van der Waals surface area (Å²) in [6.45, 7) is 2.75. The zero-order valence-electron chi connectivity index (χ0n) is 11.4. The van der Waals surface area contributed by atoms with Crippen LogP contribution < -0.4 is 10.1 Å². The fourth-order valence-corrected chi connectivity index (χ4v) is 2.20. The normalized spacial score (nSPS) is 10.2. The highest BCUT2D eigenvalue weighted by Crippen LogP contribution is 2.14. The van der Waals surface area contributed by atoms with E-state index in [4.69, 9.17) is 27.9 Å². The average Bonchev–Trinajstić information content (AvgIpc) is 2.42. The molecule has 110 valence electrons. The van der Waals surface area contributed by atoms with Gasteiger partial charge >= 0.3 is 0 Å². The van der Waals surface area contributed by atoms with Crippen LogP contribution in [0.15, 0.2) is 36.4 Å². The second-order valence-corrected chi connectivity index (χ2v) is 5.20. The number of carbonyl (C=O) groups excluding carboxylic acids is 1. The van der Waals surface area contributed by atoms with Crippen LogP contribution in [0.4, 0.5) is 0 Å². The van der Waals surface area contributed by atoms with Gasteiger partial charge in [-0.25, -0.2) is 4.98 Å². The summed E-state index contributed by atoms with van der Waals surface area (Å²) in [5, 5.41) is 3.10. The van der Waals surface area contributed by atoms with Crippen molar-refractivity contribution in [3.05, 3.63) is 57.8 Å². The van der Waals surface area contributed by atoms with Gasteiger partial charge in [-0.1, -0.05) is 35.3 Å². The Balaban J connectivity index is 1.82. The van der Waals surface area contributed by atoms with Crippen LogP contribution in [0.3, 0.4) is 0 Å². The van der Waals surface area contributed by atoms with Crippen molar-refractivity contribution in [1.29, 1.82) is 0 Å². The van der Waals surface area contributed by atoms with Crippen LogP contribution in [0.2, 0.25) is 10.3 Å². The van der Waals surface area contributed by atoms with Gasteiger partial charge in [0.05, 0.1) is 6.54 Å². The van der Waals surface area contributed by atoms with Gasteiger partial charge < -0.3 is 10.1 Å². The van der Waals surface area contributed by atoms with E-state index >= 15 is 0 Å². The number of benzene rings is 1. The minimum Gasteiger partial charge on any atom is -0.492 e. The van der Waals surface area contributed by atoms with Gasteiger partial charge in [0.15, 0.2) is 0 Å². The number of ether oxygens (including phenoxy) is 1. The molecule has 0 unspecified atom stereocenters. The van der Waals surface area contributed by atoms with Crippen molar-refractivity contribution >= 4 is 29.1 Å². The molecule has 1 amide bonds. The maximum Gasteiger partial charge on any atom is 0.251 e. The zero-order chi connectivity index (χ0) is 15.2. The molecule has 21 heavy (non-hydrogen) atoms. The molecule has 1 N–H and O–H groups in total. The van der Waals surface area contributed by atoms with Crippen LogP contribution in [0.1, 0.15) is 15.9 Å². The quantitative estimate of drug-likeness (QED) is 0.676. The Bertz CT molecular complexity index is 627. The van der Waals surface area contributed by atoms with E-state index in [-0.39, 0.29) is 16.2 Å². The Morgan fingerprint density at radius 2 is 1.95 bits per heavy atom. The smallest absolute Gasteiger partial charge is 0.251 e. The van der Waals surface area contributed by atoms with E-state index in [1.165, 1.54) is 12.1 Å². The molecule has 0 aliphatic rings. The van der Waals surface area contributed by atoms with Crippen LogP contribution in [-0.4, -0.2) is 24.0 Å². The van der Waals surface area contributed by atoms with Crippen LogP contribution in [0.25, 0.3) is 0 Å². The first-order valence-corrected chi connectivity index (χ1v) is 7.11. The Hall–Kier alpha value is -1.78. The molecule has 1 aromatic carbocycles. The maximum atomic E-state index is 11.9. The number of rotatable bonds is 5. The van der Waals surface area contributed by atoms with E-state index in [0.29, 0.717) is 18.7 Å². The second kappa shape index (κ2) is 7.29. The largest absolute Gasteiger partial charge is 0.492 e. The van der Waals surface area contributed by atoms with Crippen LogP contribution in [0.5, 0.6) is 5.75 Å². The molecule has 2 aromatic rings. The predicted molar refractivity (Wildman–Crippen MR) is 83.3 cm³/mol. The maximum absolute atomic E-state index is 11.9. The molecule has 4 nitrogen and oxygen atoms in total. The van der Waals surface area contributed by atoms with E-state index in [2.05, 4.69) is 10.3 Å². The fourth-order valence-electron chi connectivity index (χ4n) is 1.74. The van der Waals surface area contributed by atoms with Gasteiger partial charge in [0.1, 0.15) is 22.7 Å². The lowest BCUT2D eigenvalue weighted by Crippen LogP contribution is -2.28. The molecular weight excluding hydrogens is 311 g/mol. The van der Waals surface area contributed by atoms with Gasteiger partial charge in [-0.15, -0.1) is 0 Å². The van der Waals surface area contributed by atoms with Gasteiger partial charge in [0.2, 0.25) is 0 Å². The Kier molecular flexibility index (Phi) is 5.42. The standard InChI is InChI=1S/C15H14Cl2N2O2/c1-10-3-2-4-12(7-10)21-6-5-18-15(20)11-8-13(16)19-14(17)9-11/h2-4,7-9H,5-6H2,1H3,(H,18,20). The molecule has 1 heterocycles. The molecule has 0 aliphatic heterocycles. The van der Waals surface area contributed by atoms with Crippen LogP contribution >= 0.6 is 23.2 Å². The summed E-state index contributed by atoms with van der Waals surface area (Å²) in [5.74, 6) is 0.508.